The standard InChI is InChI=1S/C25H25ClN4O2.C2H6/c1-4-7-23(27-3)30-24-15-20(12-13-28-24)32-22-11-6-10-21(17(22)2)25(31)29-16-18-8-5-9-19(26)14-18;1-2/h4-15H,16H2,1-3H3,(H,29,31)(H,27,28,30);1-2H3/b7-4-;. The maximum absolute atomic E-state index is 12.8. The number of ether oxygens (including phenoxy) is 1. The lowest BCUT2D eigenvalue weighted by molar-refractivity contribution is 0.0950. The van der Waals surface area contributed by atoms with Gasteiger partial charge in [0.1, 0.15) is 23.2 Å². The average molecular weight is 479 g/mol. The van der Waals surface area contributed by atoms with Gasteiger partial charge in [-0.1, -0.05) is 49.7 Å². The number of amides is 1. The van der Waals surface area contributed by atoms with Gasteiger partial charge in [0.2, 0.25) is 0 Å². The van der Waals surface area contributed by atoms with Crippen LogP contribution in [0.1, 0.15) is 42.3 Å². The Hall–Kier alpha value is -3.64. The molecule has 1 aromatic heterocycles. The smallest absolute Gasteiger partial charge is 0.251 e. The molecule has 0 aliphatic heterocycles. The molecule has 0 aliphatic rings. The van der Waals surface area contributed by atoms with Gasteiger partial charge < -0.3 is 15.4 Å². The topological polar surface area (TPSA) is 75.6 Å². The van der Waals surface area contributed by atoms with Crippen LogP contribution in [0.25, 0.3) is 0 Å². The van der Waals surface area contributed by atoms with Gasteiger partial charge in [-0.3, -0.25) is 9.79 Å². The molecule has 1 heterocycles. The number of halogens is 1. The van der Waals surface area contributed by atoms with Crippen molar-refractivity contribution in [3.05, 3.63) is 94.7 Å². The van der Waals surface area contributed by atoms with Crippen molar-refractivity contribution in [2.45, 2.75) is 34.2 Å². The Kier molecular flexibility index (Phi) is 10.8. The molecule has 2 N–H and O–H groups in total. The highest BCUT2D eigenvalue weighted by Crippen LogP contribution is 2.28. The molecule has 0 radical (unpaired) electrons. The first-order valence-electron chi connectivity index (χ1n) is 11.1. The molecule has 6 nitrogen and oxygen atoms in total. The van der Waals surface area contributed by atoms with Crippen LogP contribution in [0.4, 0.5) is 5.82 Å². The van der Waals surface area contributed by atoms with Gasteiger partial charge in [-0.2, -0.15) is 0 Å². The Balaban J connectivity index is 0.00000199. The van der Waals surface area contributed by atoms with E-state index in [1.165, 1.54) is 0 Å². The van der Waals surface area contributed by atoms with Crippen molar-refractivity contribution in [2.75, 3.05) is 12.4 Å². The molecule has 178 valence electrons. The van der Waals surface area contributed by atoms with E-state index >= 15 is 0 Å². The number of carbonyl (C=O) groups excluding carboxylic acids is 1. The average Bonchev–Trinajstić information content (AvgIpc) is 2.85. The maximum atomic E-state index is 12.8. The summed E-state index contributed by atoms with van der Waals surface area (Å²) < 4.78 is 6.06. The molecule has 0 fully saturated rings. The second-order valence-electron chi connectivity index (χ2n) is 6.95. The van der Waals surface area contributed by atoms with E-state index in [1.807, 2.05) is 64.1 Å². The van der Waals surface area contributed by atoms with Gasteiger partial charge >= 0.3 is 0 Å². The van der Waals surface area contributed by atoms with Gasteiger partial charge in [-0.05, 0) is 55.8 Å². The van der Waals surface area contributed by atoms with Crippen LogP contribution < -0.4 is 15.4 Å². The predicted octanol–water partition coefficient (Wildman–Crippen LogP) is 6.81. The van der Waals surface area contributed by atoms with Crippen molar-refractivity contribution in [1.82, 2.24) is 10.3 Å². The van der Waals surface area contributed by atoms with Crippen LogP contribution in [0.3, 0.4) is 0 Å². The second-order valence-corrected chi connectivity index (χ2v) is 7.39. The minimum absolute atomic E-state index is 0.180. The van der Waals surface area contributed by atoms with E-state index in [-0.39, 0.29) is 5.91 Å². The molecule has 0 spiro atoms. The number of hydrogen-bond acceptors (Lipinski definition) is 4. The number of allylic oxidation sites excluding steroid dienone is 1. The van der Waals surface area contributed by atoms with E-state index in [0.717, 1.165) is 11.1 Å². The van der Waals surface area contributed by atoms with Gasteiger partial charge in [-0.15, -0.1) is 0 Å². The minimum Gasteiger partial charge on any atom is -0.457 e. The predicted molar refractivity (Wildman–Crippen MR) is 141 cm³/mol. The first-order chi connectivity index (χ1) is 16.5. The van der Waals surface area contributed by atoms with Crippen LogP contribution >= 0.6 is 11.6 Å². The van der Waals surface area contributed by atoms with Gasteiger partial charge in [0.05, 0.1) is 0 Å². The highest BCUT2D eigenvalue weighted by molar-refractivity contribution is 6.30. The number of amidine groups is 1. The van der Waals surface area contributed by atoms with Crippen molar-refractivity contribution in [3.8, 4) is 11.5 Å². The van der Waals surface area contributed by atoms with E-state index in [0.29, 0.717) is 40.3 Å². The number of carbonyl (C=O) groups is 1. The quantitative estimate of drug-likeness (QED) is 0.289. The second kappa shape index (κ2) is 13.8. The van der Waals surface area contributed by atoms with Crippen LogP contribution in [-0.4, -0.2) is 23.8 Å². The lowest BCUT2D eigenvalue weighted by atomic mass is 10.1. The molecule has 0 atom stereocenters. The third kappa shape index (κ3) is 7.74. The number of rotatable bonds is 7. The number of anilines is 1. The third-order valence-corrected chi connectivity index (χ3v) is 4.89. The zero-order valence-corrected chi connectivity index (χ0v) is 21.0. The molecular weight excluding hydrogens is 448 g/mol. The molecular formula is C27H31ClN4O2. The summed E-state index contributed by atoms with van der Waals surface area (Å²) in [7, 11) is 1.70. The van der Waals surface area contributed by atoms with Crippen molar-refractivity contribution in [1.29, 1.82) is 0 Å². The number of benzene rings is 2. The molecule has 0 aliphatic carbocycles. The summed E-state index contributed by atoms with van der Waals surface area (Å²) in [6.07, 6.45) is 5.39. The molecule has 2 aromatic carbocycles. The van der Waals surface area contributed by atoms with Gasteiger partial charge in [0.15, 0.2) is 0 Å². The van der Waals surface area contributed by atoms with Crippen molar-refractivity contribution >= 4 is 29.2 Å². The monoisotopic (exact) mass is 478 g/mol. The number of nitrogens with one attached hydrogen (secondary N) is 2. The molecule has 0 saturated carbocycles. The first kappa shape index (κ1) is 26.6. The highest BCUT2D eigenvalue weighted by Gasteiger charge is 2.13. The Bertz CT molecular complexity index is 1160. The van der Waals surface area contributed by atoms with Crippen LogP contribution in [0, 0.1) is 6.92 Å². The normalized spacial score (nSPS) is 10.9. The summed E-state index contributed by atoms with van der Waals surface area (Å²) in [5.74, 6) is 2.30. The summed E-state index contributed by atoms with van der Waals surface area (Å²) in [6.45, 7) is 8.16. The molecule has 0 saturated heterocycles. The first-order valence-corrected chi connectivity index (χ1v) is 11.5. The number of aliphatic imine (C=N–C) groups is 1. The van der Waals surface area contributed by atoms with Crippen LogP contribution in [0.5, 0.6) is 11.5 Å². The molecule has 1 amide bonds. The fraction of sp³-hybridized carbons (Fsp3) is 0.222. The minimum atomic E-state index is -0.180. The van der Waals surface area contributed by atoms with E-state index < -0.39 is 0 Å². The third-order valence-electron chi connectivity index (χ3n) is 4.65. The van der Waals surface area contributed by atoms with Crippen molar-refractivity contribution < 1.29 is 9.53 Å². The van der Waals surface area contributed by atoms with Crippen LogP contribution in [0.15, 0.2) is 77.9 Å². The Morgan fingerprint density at radius 2 is 1.91 bits per heavy atom. The number of aromatic nitrogens is 1. The fourth-order valence-corrected chi connectivity index (χ4v) is 3.24. The summed E-state index contributed by atoms with van der Waals surface area (Å²) in [5.41, 5.74) is 2.22. The summed E-state index contributed by atoms with van der Waals surface area (Å²) in [4.78, 5) is 21.2. The molecule has 3 aromatic rings. The molecule has 0 unspecified atom stereocenters. The van der Waals surface area contributed by atoms with E-state index in [1.54, 1.807) is 43.6 Å². The van der Waals surface area contributed by atoms with E-state index in [4.69, 9.17) is 16.3 Å². The van der Waals surface area contributed by atoms with E-state index in [9.17, 15) is 4.79 Å². The molecule has 3 rings (SSSR count). The zero-order chi connectivity index (χ0) is 24.9. The summed E-state index contributed by atoms with van der Waals surface area (Å²) in [6, 6.07) is 16.3. The summed E-state index contributed by atoms with van der Waals surface area (Å²) >= 11 is 6.01. The largest absolute Gasteiger partial charge is 0.457 e. The Morgan fingerprint density at radius 1 is 1.15 bits per heavy atom. The van der Waals surface area contributed by atoms with Crippen LogP contribution in [-0.2, 0) is 6.54 Å². The fourth-order valence-electron chi connectivity index (χ4n) is 3.03. The van der Waals surface area contributed by atoms with Crippen molar-refractivity contribution in [3.63, 3.8) is 0 Å². The molecule has 0 bridgehead atoms. The van der Waals surface area contributed by atoms with Gasteiger partial charge in [-0.25, -0.2) is 4.98 Å². The number of nitrogens with zero attached hydrogens (tertiary/aromatic N) is 2. The molecule has 34 heavy (non-hydrogen) atoms. The highest BCUT2D eigenvalue weighted by atomic mass is 35.5. The SMILES string of the molecule is C/C=C\C(=NC)Nc1cc(Oc2cccc(C(=O)NCc3cccc(Cl)c3)c2C)ccn1.CC. The Morgan fingerprint density at radius 3 is 2.62 bits per heavy atom. The zero-order valence-electron chi connectivity index (χ0n) is 20.2. The lowest BCUT2D eigenvalue weighted by Crippen LogP contribution is -2.23. The maximum Gasteiger partial charge on any atom is 0.251 e. The number of hydrogen-bond donors (Lipinski definition) is 2. The lowest BCUT2D eigenvalue weighted by Gasteiger charge is -2.13. The van der Waals surface area contributed by atoms with Gasteiger partial charge in [0.25, 0.3) is 5.91 Å². The van der Waals surface area contributed by atoms with Crippen molar-refractivity contribution in [2.24, 2.45) is 4.99 Å². The van der Waals surface area contributed by atoms with E-state index in [2.05, 4.69) is 20.6 Å². The Labute approximate surface area is 206 Å². The van der Waals surface area contributed by atoms with Gasteiger partial charge in [0, 0.05) is 42.0 Å². The number of pyridine rings is 1. The van der Waals surface area contributed by atoms with Crippen LogP contribution in [0.2, 0.25) is 5.02 Å². The summed E-state index contributed by atoms with van der Waals surface area (Å²) in [5, 5.41) is 6.70. The molecule has 7 heteroatoms.